The molecule has 0 spiro atoms. The number of rotatable bonds is 3. The maximum atomic E-state index is 12.0. The van der Waals surface area contributed by atoms with E-state index in [0.29, 0.717) is 16.0 Å². The van der Waals surface area contributed by atoms with Gasteiger partial charge in [0.2, 0.25) is 0 Å². The van der Waals surface area contributed by atoms with Gasteiger partial charge < -0.3 is 4.74 Å². The molecule has 1 fully saturated rings. The Kier molecular flexibility index (Phi) is 4.52. The Hall–Kier alpha value is -0.730. The zero-order chi connectivity index (χ0) is 13.1. The normalized spacial score (nSPS) is 17.7. The lowest BCUT2D eigenvalue weighted by Gasteiger charge is -2.21. The molecule has 4 heteroatoms. The summed E-state index contributed by atoms with van der Waals surface area (Å²) in [4.78, 5) is 12.0. The van der Waals surface area contributed by atoms with Gasteiger partial charge in [-0.25, -0.2) is 0 Å². The summed E-state index contributed by atoms with van der Waals surface area (Å²) >= 11 is 11.9. The number of carbonyl (C=O) groups excluding carboxylic acids is 1. The van der Waals surface area contributed by atoms with Gasteiger partial charge in [-0.1, -0.05) is 42.1 Å². The van der Waals surface area contributed by atoms with Crippen LogP contribution < -0.4 is 0 Å². The highest BCUT2D eigenvalue weighted by Gasteiger charge is 2.33. The first-order valence-electron chi connectivity index (χ1n) is 6.16. The zero-order valence-electron chi connectivity index (χ0n) is 10.3. The summed E-state index contributed by atoms with van der Waals surface area (Å²) < 4.78 is 4.93. The third kappa shape index (κ3) is 2.81. The SMILES string of the molecule is COC(=O)[C@H](c1ccc(Cl)c(Cl)c1)C1CCCC1. The van der Waals surface area contributed by atoms with Gasteiger partial charge in [-0.3, -0.25) is 4.79 Å². The fraction of sp³-hybridized carbons (Fsp3) is 0.500. The first-order valence-corrected chi connectivity index (χ1v) is 6.92. The standard InChI is InChI=1S/C14H16Cl2O2/c1-18-14(17)13(9-4-2-3-5-9)10-6-7-11(15)12(16)8-10/h6-9,13H,2-5H2,1H3/t13-/m0/s1. The summed E-state index contributed by atoms with van der Waals surface area (Å²) in [6, 6.07) is 5.39. The van der Waals surface area contributed by atoms with E-state index in [1.165, 1.54) is 20.0 Å². The molecule has 0 aromatic heterocycles. The summed E-state index contributed by atoms with van der Waals surface area (Å²) in [6.07, 6.45) is 4.50. The second kappa shape index (κ2) is 5.94. The summed E-state index contributed by atoms with van der Waals surface area (Å²) in [5.74, 6) is -0.0396. The van der Waals surface area contributed by atoms with E-state index in [1.54, 1.807) is 12.1 Å². The van der Waals surface area contributed by atoms with Gasteiger partial charge in [0.15, 0.2) is 0 Å². The molecule has 1 atom stereocenters. The summed E-state index contributed by atoms with van der Waals surface area (Å²) in [5.41, 5.74) is 0.906. The molecule has 18 heavy (non-hydrogen) atoms. The van der Waals surface area contributed by atoms with Crippen LogP contribution in [0.1, 0.15) is 37.2 Å². The molecule has 0 unspecified atom stereocenters. The zero-order valence-corrected chi connectivity index (χ0v) is 11.8. The Bertz CT molecular complexity index is 439. The molecule has 1 aliphatic rings. The minimum absolute atomic E-state index is 0.180. The van der Waals surface area contributed by atoms with Crippen LogP contribution in [0.15, 0.2) is 18.2 Å². The molecular formula is C14H16Cl2O2. The highest BCUT2D eigenvalue weighted by molar-refractivity contribution is 6.42. The van der Waals surface area contributed by atoms with Crippen LogP contribution in [0.2, 0.25) is 10.0 Å². The average Bonchev–Trinajstić information content (AvgIpc) is 2.87. The summed E-state index contributed by atoms with van der Waals surface area (Å²) in [7, 11) is 1.43. The van der Waals surface area contributed by atoms with Crippen molar-refractivity contribution < 1.29 is 9.53 Å². The van der Waals surface area contributed by atoms with Crippen molar-refractivity contribution in [1.29, 1.82) is 0 Å². The van der Waals surface area contributed by atoms with Crippen LogP contribution in [-0.2, 0) is 9.53 Å². The van der Waals surface area contributed by atoms with E-state index in [9.17, 15) is 4.79 Å². The molecule has 0 saturated heterocycles. The molecule has 0 bridgehead atoms. The largest absolute Gasteiger partial charge is 0.469 e. The van der Waals surface area contributed by atoms with Crippen LogP contribution in [0.4, 0.5) is 0 Å². The van der Waals surface area contributed by atoms with Gasteiger partial charge in [-0.2, -0.15) is 0 Å². The molecule has 1 aromatic carbocycles. The van der Waals surface area contributed by atoms with Crippen molar-refractivity contribution in [2.24, 2.45) is 5.92 Å². The van der Waals surface area contributed by atoms with E-state index in [1.807, 2.05) is 6.07 Å². The number of hydrogen-bond acceptors (Lipinski definition) is 2. The third-order valence-electron chi connectivity index (χ3n) is 3.63. The highest BCUT2D eigenvalue weighted by atomic mass is 35.5. The van der Waals surface area contributed by atoms with Crippen molar-refractivity contribution in [3.8, 4) is 0 Å². The van der Waals surface area contributed by atoms with Crippen LogP contribution in [0.3, 0.4) is 0 Å². The maximum absolute atomic E-state index is 12.0. The van der Waals surface area contributed by atoms with E-state index < -0.39 is 0 Å². The Morgan fingerprint density at radius 2 is 1.94 bits per heavy atom. The topological polar surface area (TPSA) is 26.3 Å². The molecule has 1 aromatic rings. The second-order valence-corrected chi connectivity index (χ2v) is 5.53. The van der Waals surface area contributed by atoms with E-state index in [-0.39, 0.29) is 11.9 Å². The Morgan fingerprint density at radius 1 is 1.28 bits per heavy atom. The lowest BCUT2D eigenvalue weighted by molar-refractivity contribution is -0.143. The molecule has 0 N–H and O–H groups in total. The van der Waals surface area contributed by atoms with Gasteiger partial charge in [0.1, 0.15) is 0 Å². The Balaban J connectivity index is 2.32. The van der Waals surface area contributed by atoms with Crippen LogP contribution >= 0.6 is 23.2 Å². The Labute approximate surface area is 117 Å². The molecular weight excluding hydrogens is 271 g/mol. The minimum atomic E-state index is -0.215. The lowest BCUT2D eigenvalue weighted by atomic mass is 9.85. The summed E-state index contributed by atoms with van der Waals surface area (Å²) in [6.45, 7) is 0. The number of ether oxygens (including phenoxy) is 1. The molecule has 1 saturated carbocycles. The molecule has 0 amide bonds. The number of methoxy groups -OCH3 is 1. The van der Waals surface area contributed by atoms with E-state index >= 15 is 0 Å². The predicted octanol–water partition coefficient (Wildman–Crippen LogP) is 4.44. The molecule has 2 rings (SSSR count). The molecule has 0 heterocycles. The lowest BCUT2D eigenvalue weighted by Crippen LogP contribution is -2.21. The first kappa shape index (κ1) is 13.7. The van der Waals surface area contributed by atoms with E-state index in [0.717, 1.165) is 18.4 Å². The van der Waals surface area contributed by atoms with Gasteiger partial charge in [0, 0.05) is 0 Å². The van der Waals surface area contributed by atoms with Gasteiger partial charge >= 0.3 is 5.97 Å². The van der Waals surface area contributed by atoms with Crippen LogP contribution in [0.25, 0.3) is 0 Å². The van der Waals surface area contributed by atoms with Crippen molar-refractivity contribution in [3.05, 3.63) is 33.8 Å². The number of hydrogen-bond donors (Lipinski definition) is 0. The highest BCUT2D eigenvalue weighted by Crippen LogP contribution is 2.39. The Morgan fingerprint density at radius 3 is 2.50 bits per heavy atom. The summed E-state index contributed by atoms with van der Waals surface area (Å²) in [5, 5.41) is 0.997. The number of halogens is 2. The smallest absolute Gasteiger partial charge is 0.313 e. The fourth-order valence-corrected chi connectivity index (χ4v) is 3.03. The van der Waals surface area contributed by atoms with E-state index in [2.05, 4.69) is 0 Å². The van der Waals surface area contributed by atoms with Gasteiger partial charge in [0.05, 0.1) is 23.1 Å². The van der Waals surface area contributed by atoms with Gasteiger partial charge in [0.25, 0.3) is 0 Å². The van der Waals surface area contributed by atoms with Gasteiger partial charge in [-0.15, -0.1) is 0 Å². The van der Waals surface area contributed by atoms with Crippen molar-refractivity contribution in [2.75, 3.05) is 7.11 Å². The molecule has 0 radical (unpaired) electrons. The van der Waals surface area contributed by atoms with Crippen LogP contribution in [0, 0.1) is 5.92 Å². The minimum Gasteiger partial charge on any atom is -0.469 e. The first-order chi connectivity index (χ1) is 8.63. The van der Waals surface area contributed by atoms with Crippen LogP contribution in [0.5, 0.6) is 0 Å². The van der Waals surface area contributed by atoms with Crippen molar-refractivity contribution in [1.82, 2.24) is 0 Å². The third-order valence-corrected chi connectivity index (χ3v) is 4.37. The van der Waals surface area contributed by atoms with Crippen molar-refractivity contribution in [3.63, 3.8) is 0 Å². The monoisotopic (exact) mass is 286 g/mol. The van der Waals surface area contributed by atoms with Crippen LogP contribution in [-0.4, -0.2) is 13.1 Å². The van der Waals surface area contributed by atoms with Gasteiger partial charge in [-0.05, 0) is 36.5 Å². The average molecular weight is 287 g/mol. The fourth-order valence-electron chi connectivity index (χ4n) is 2.72. The quantitative estimate of drug-likeness (QED) is 0.768. The number of esters is 1. The number of benzene rings is 1. The van der Waals surface area contributed by atoms with Crippen molar-refractivity contribution >= 4 is 29.2 Å². The number of carbonyl (C=O) groups is 1. The van der Waals surface area contributed by atoms with Crippen molar-refractivity contribution in [2.45, 2.75) is 31.6 Å². The molecule has 2 nitrogen and oxygen atoms in total. The molecule has 98 valence electrons. The van der Waals surface area contributed by atoms with E-state index in [4.69, 9.17) is 27.9 Å². The molecule has 0 aliphatic heterocycles. The molecule has 1 aliphatic carbocycles. The predicted molar refractivity (Wildman–Crippen MR) is 73.2 cm³/mol. The second-order valence-electron chi connectivity index (χ2n) is 4.72. The maximum Gasteiger partial charge on any atom is 0.313 e.